The molecule has 1 atom stereocenters. The first kappa shape index (κ1) is 16.9. The molecule has 0 saturated heterocycles. The Kier molecular flexibility index (Phi) is 4.40. The fourth-order valence-corrected chi connectivity index (χ4v) is 2.91. The van der Waals surface area contributed by atoms with Crippen LogP contribution >= 0.6 is 0 Å². The number of carbonyl (C=O) groups excluding carboxylic acids is 3. The summed E-state index contributed by atoms with van der Waals surface area (Å²) in [6, 6.07) is 12.5. The average Bonchev–Trinajstić information content (AvgIpc) is 2.85. The van der Waals surface area contributed by atoms with Crippen molar-refractivity contribution in [3.05, 3.63) is 70.3 Å². The van der Waals surface area contributed by atoms with Gasteiger partial charge < -0.3 is 5.32 Å². The Morgan fingerprint density at radius 2 is 1.68 bits per heavy atom. The van der Waals surface area contributed by atoms with Gasteiger partial charge in [-0.15, -0.1) is 0 Å². The molecule has 3 rings (SSSR count). The van der Waals surface area contributed by atoms with E-state index >= 15 is 0 Å². The second-order valence-corrected chi connectivity index (χ2v) is 6.22. The first-order valence-corrected chi connectivity index (χ1v) is 8.28. The molecule has 25 heavy (non-hydrogen) atoms. The van der Waals surface area contributed by atoms with Gasteiger partial charge >= 0.3 is 0 Å². The third-order valence-corrected chi connectivity index (χ3v) is 4.59. The number of hydrogen-bond donors (Lipinski definition) is 1. The minimum absolute atomic E-state index is 0.160. The van der Waals surface area contributed by atoms with E-state index in [1.165, 1.54) is 24.7 Å². The Morgan fingerprint density at radius 3 is 2.32 bits per heavy atom. The molecule has 0 spiro atoms. The van der Waals surface area contributed by atoms with Gasteiger partial charge in [-0.1, -0.05) is 31.2 Å². The van der Waals surface area contributed by atoms with Crippen LogP contribution in [0.2, 0.25) is 0 Å². The normalized spacial score (nSPS) is 14.4. The molecule has 1 aliphatic heterocycles. The largest absolute Gasteiger partial charge is 0.346 e. The number of nitrogens with zero attached hydrogens (tertiary/aromatic N) is 1. The lowest BCUT2D eigenvalue weighted by atomic mass is 10.0. The number of fused-ring (bicyclic) bond motifs is 1. The van der Waals surface area contributed by atoms with Crippen LogP contribution in [-0.4, -0.2) is 29.7 Å². The Balaban J connectivity index is 1.78. The summed E-state index contributed by atoms with van der Waals surface area (Å²) in [5, 5.41) is 2.93. The summed E-state index contributed by atoms with van der Waals surface area (Å²) in [6.07, 6.45) is 0.970. The quantitative estimate of drug-likeness (QED) is 0.873. The summed E-state index contributed by atoms with van der Waals surface area (Å²) in [7, 11) is 1.44. The summed E-state index contributed by atoms with van der Waals surface area (Å²) >= 11 is 0. The van der Waals surface area contributed by atoms with Gasteiger partial charge in [0.25, 0.3) is 17.7 Å². The molecule has 2 aromatic rings. The van der Waals surface area contributed by atoms with Gasteiger partial charge in [0.2, 0.25) is 0 Å². The van der Waals surface area contributed by atoms with Crippen LogP contribution in [0.25, 0.3) is 0 Å². The molecule has 3 amide bonds. The van der Waals surface area contributed by atoms with Crippen LogP contribution < -0.4 is 5.32 Å². The highest BCUT2D eigenvalue weighted by atomic mass is 16.2. The molecular formula is C20H20N2O3. The lowest BCUT2D eigenvalue weighted by molar-refractivity contribution is 0.0693. The number of benzene rings is 2. The molecule has 128 valence electrons. The van der Waals surface area contributed by atoms with Crippen molar-refractivity contribution in [2.75, 3.05) is 7.05 Å². The zero-order valence-corrected chi connectivity index (χ0v) is 14.5. The van der Waals surface area contributed by atoms with Crippen molar-refractivity contribution in [2.24, 2.45) is 0 Å². The van der Waals surface area contributed by atoms with E-state index in [1.807, 2.05) is 31.2 Å². The lowest BCUT2D eigenvalue weighted by Crippen LogP contribution is -2.27. The maximum Gasteiger partial charge on any atom is 0.261 e. The third-order valence-electron chi connectivity index (χ3n) is 4.59. The van der Waals surface area contributed by atoms with Gasteiger partial charge in [-0.2, -0.15) is 0 Å². The Bertz CT molecular complexity index is 856. The molecule has 0 fully saturated rings. The van der Waals surface area contributed by atoms with Gasteiger partial charge in [0.1, 0.15) is 0 Å². The average molecular weight is 336 g/mol. The summed E-state index contributed by atoms with van der Waals surface area (Å²) in [5.41, 5.74) is 3.24. The standard InChI is InChI=1S/C20H20N2O3/c1-4-13-5-7-14(8-6-13)12(2)21-18(23)15-9-10-16-17(11-15)20(25)22(3)19(16)24/h5-12H,4H2,1-3H3,(H,21,23). The minimum atomic E-state index is -0.377. The fourth-order valence-electron chi connectivity index (χ4n) is 2.91. The van der Waals surface area contributed by atoms with Crippen LogP contribution in [0, 0.1) is 0 Å². The van der Waals surface area contributed by atoms with Crippen molar-refractivity contribution in [1.82, 2.24) is 10.2 Å². The van der Waals surface area contributed by atoms with Crippen LogP contribution in [0.5, 0.6) is 0 Å². The first-order valence-electron chi connectivity index (χ1n) is 8.28. The minimum Gasteiger partial charge on any atom is -0.346 e. The van der Waals surface area contributed by atoms with E-state index in [4.69, 9.17) is 0 Å². The number of rotatable bonds is 4. The zero-order chi connectivity index (χ0) is 18.1. The van der Waals surface area contributed by atoms with Crippen molar-refractivity contribution >= 4 is 17.7 Å². The summed E-state index contributed by atoms with van der Waals surface area (Å²) in [5.74, 6) is -0.987. The maximum atomic E-state index is 12.5. The fraction of sp³-hybridized carbons (Fsp3) is 0.250. The van der Waals surface area contributed by atoms with Crippen molar-refractivity contribution in [3.8, 4) is 0 Å². The topological polar surface area (TPSA) is 66.5 Å². The van der Waals surface area contributed by atoms with E-state index in [1.54, 1.807) is 6.07 Å². The molecular weight excluding hydrogens is 316 g/mol. The highest BCUT2D eigenvalue weighted by Crippen LogP contribution is 2.23. The monoisotopic (exact) mass is 336 g/mol. The van der Waals surface area contributed by atoms with Gasteiger partial charge in [-0.05, 0) is 42.7 Å². The smallest absolute Gasteiger partial charge is 0.261 e. The molecule has 0 aliphatic carbocycles. The second kappa shape index (κ2) is 6.51. The van der Waals surface area contributed by atoms with E-state index in [0.717, 1.165) is 16.9 Å². The molecule has 1 unspecified atom stereocenters. The molecule has 1 N–H and O–H groups in total. The van der Waals surface area contributed by atoms with E-state index in [-0.39, 0.29) is 29.3 Å². The molecule has 1 heterocycles. The Morgan fingerprint density at radius 1 is 1.04 bits per heavy atom. The molecule has 0 radical (unpaired) electrons. The van der Waals surface area contributed by atoms with Crippen molar-refractivity contribution in [1.29, 1.82) is 0 Å². The number of imide groups is 1. The van der Waals surface area contributed by atoms with E-state index in [2.05, 4.69) is 12.2 Å². The third kappa shape index (κ3) is 3.05. The zero-order valence-electron chi connectivity index (χ0n) is 14.5. The maximum absolute atomic E-state index is 12.5. The van der Waals surface area contributed by atoms with Crippen LogP contribution in [0.4, 0.5) is 0 Å². The van der Waals surface area contributed by atoms with Crippen molar-refractivity contribution in [3.63, 3.8) is 0 Å². The van der Waals surface area contributed by atoms with Crippen LogP contribution in [0.3, 0.4) is 0 Å². The molecule has 1 aliphatic rings. The predicted octanol–water partition coefficient (Wildman–Crippen LogP) is 2.97. The molecule has 0 bridgehead atoms. The number of amides is 3. The number of carbonyl (C=O) groups is 3. The highest BCUT2D eigenvalue weighted by molar-refractivity contribution is 6.21. The van der Waals surface area contributed by atoms with E-state index in [9.17, 15) is 14.4 Å². The number of aryl methyl sites for hydroxylation is 1. The van der Waals surface area contributed by atoms with Crippen molar-refractivity contribution in [2.45, 2.75) is 26.3 Å². The summed E-state index contributed by atoms with van der Waals surface area (Å²) in [6.45, 7) is 4.01. The summed E-state index contributed by atoms with van der Waals surface area (Å²) < 4.78 is 0. The van der Waals surface area contributed by atoms with Gasteiger partial charge in [-0.25, -0.2) is 0 Å². The van der Waals surface area contributed by atoms with Gasteiger partial charge in [0.15, 0.2) is 0 Å². The van der Waals surface area contributed by atoms with Crippen molar-refractivity contribution < 1.29 is 14.4 Å². The summed E-state index contributed by atoms with van der Waals surface area (Å²) in [4.78, 5) is 37.5. The van der Waals surface area contributed by atoms with E-state index < -0.39 is 0 Å². The van der Waals surface area contributed by atoms with Crippen LogP contribution in [0.1, 0.15) is 62.1 Å². The second-order valence-electron chi connectivity index (χ2n) is 6.22. The SMILES string of the molecule is CCc1ccc(C(C)NC(=O)c2ccc3c(c2)C(=O)N(C)C3=O)cc1. The van der Waals surface area contributed by atoms with Gasteiger partial charge in [-0.3, -0.25) is 19.3 Å². The molecule has 0 aromatic heterocycles. The Hall–Kier alpha value is -2.95. The highest BCUT2D eigenvalue weighted by Gasteiger charge is 2.33. The van der Waals surface area contributed by atoms with E-state index in [0.29, 0.717) is 11.1 Å². The van der Waals surface area contributed by atoms with Crippen LogP contribution in [-0.2, 0) is 6.42 Å². The van der Waals surface area contributed by atoms with Gasteiger partial charge in [0.05, 0.1) is 17.2 Å². The molecule has 5 nitrogen and oxygen atoms in total. The molecule has 2 aromatic carbocycles. The lowest BCUT2D eigenvalue weighted by Gasteiger charge is -2.15. The Labute approximate surface area is 146 Å². The number of nitrogens with one attached hydrogen (secondary N) is 1. The predicted molar refractivity (Wildman–Crippen MR) is 94.6 cm³/mol. The number of hydrogen-bond acceptors (Lipinski definition) is 3. The first-order chi connectivity index (χ1) is 11.9. The van der Waals surface area contributed by atoms with Crippen LogP contribution in [0.15, 0.2) is 42.5 Å². The molecule has 0 saturated carbocycles. The van der Waals surface area contributed by atoms with Gasteiger partial charge in [0, 0.05) is 12.6 Å². The molecule has 5 heteroatoms.